The number of carbonyl (C=O) groups is 1. The fraction of sp³-hybridized carbons (Fsp3) is 0.559. The molecule has 1 heterocycles. The standard InChI is InChI=1S/C34H42O9.3Ac/c1-19-22(35)16-34(40)29(43-30(38)21-13-9-6-10-14-21)27-32(4,28(37)26(36)25(19)31(34,2)3)23(15-24-33(27,39)18-42-24)41-17-20-11-7-5-8-12-20;;;/h5-14,22-24,26-29,35-37,39-40H,15-18H2,1-4H3;;;/t22?,23?,24?,26?,27?,28?,29?,32-,33?,34?;;;/m1.../s1. The maximum absolute atomic E-state index is 13.7. The van der Waals surface area contributed by atoms with E-state index in [0.29, 0.717) is 5.57 Å². The maximum Gasteiger partial charge on any atom is 0.338 e. The Hall–Kier alpha value is 1.69. The molecule has 241 valence electrons. The summed E-state index contributed by atoms with van der Waals surface area (Å²) < 4.78 is 18.6. The van der Waals surface area contributed by atoms with Crippen LogP contribution >= 0.6 is 0 Å². The molecule has 1 aliphatic heterocycles. The Morgan fingerprint density at radius 2 is 1.52 bits per heavy atom. The third-order valence-electron chi connectivity index (χ3n) is 11.1. The summed E-state index contributed by atoms with van der Waals surface area (Å²) in [6.45, 7) is 6.90. The van der Waals surface area contributed by atoms with Gasteiger partial charge in [-0.25, -0.2) is 4.79 Å². The zero-order valence-electron chi connectivity index (χ0n) is 26.7. The van der Waals surface area contributed by atoms with Gasteiger partial charge in [-0.3, -0.25) is 0 Å². The monoisotopic (exact) mass is 1280 g/mol. The smallest absolute Gasteiger partial charge is 0.338 e. The molecule has 3 radical (unpaired) electrons. The van der Waals surface area contributed by atoms with Crippen molar-refractivity contribution in [3.05, 3.63) is 82.9 Å². The van der Waals surface area contributed by atoms with E-state index in [-0.39, 0.29) is 169 Å². The topological polar surface area (TPSA) is 146 Å². The van der Waals surface area contributed by atoms with E-state index in [9.17, 15) is 30.3 Å². The molecule has 0 amide bonds. The fourth-order valence-corrected chi connectivity index (χ4v) is 8.48. The second kappa shape index (κ2) is 15.7. The summed E-state index contributed by atoms with van der Waals surface area (Å²) in [7, 11) is 0. The van der Waals surface area contributed by atoms with Crippen molar-refractivity contribution in [1.82, 2.24) is 0 Å². The first-order valence-electron chi connectivity index (χ1n) is 15.0. The number of ether oxygens (including phenoxy) is 3. The third kappa shape index (κ3) is 6.70. The molecule has 6 rings (SSSR count). The molecule has 46 heavy (non-hydrogen) atoms. The van der Waals surface area contributed by atoms with Gasteiger partial charge >= 0.3 is 5.97 Å². The molecule has 9 unspecified atom stereocenters. The molecule has 2 bridgehead atoms. The molecule has 4 aliphatic rings. The Morgan fingerprint density at radius 1 is 0.935 bits per heavy atom. The van der Waals surface area contributed by atoms with E-state index in [1.165, 1.54) is 0 Å². The van der Waals surface area contributed by atoms with Gasteiger partial charge in [-0.15, -0.1) is 0 Å². The summed E-state index contributed by atoms with van der Waals surface area (Å²) in [4.78, 5) is 13.7. The fourth-order valence-electron chi connectivity index (χ4n) is 8.48. The molecule has 2 aromatic rings. The van der Waals surface area contributed by atoms with Gasteiger partial charge in [0.25, 0.3) is 0 Å². The summed E-state index contributed by atoms with van der Waals surface area (Å²) in [6.07, 6.45) is -7.17. The van der Waals surface area contributed by atoms with Crippen molar-refractivity contribution in [2.24, 2.45) is 16.7 Å². The summed E-state index contributed by atoms with van der Waals surface area (Å²) in [6, 6.07) is 17.9. The van der Waals surface area contributed by atoms with E-state index in [2.05, 4.69) is 0 Å². The largest absolute Gasteiger partial charge is 0.455 e. The first-order chi connectivity index (χ1) is 20.3. The van der Waals surface area contributed by atoms with Crippen molar-refractivity contribution in [3.8, 4) is 0 Å². The van der Waals surface area contributed by atoms with Gasteiger partial charge < -0.3 is 39.7 Å². The molecule has 3 fully saturated rings. The van der Waals surface area contributed by atoms with Crippen molar-refractivity contribution in [2.45, 2.75) is 95.0 Å². The number of hydrogen-bond acceptors (Lipinski definition) is 9. The summed E-state index contributed by atoms with van der Waals surface area (Å²) in [5.74, 6) is -1.87. The van der Waals surface area contributed by atoms with Crippen LogP contribution in [-0.2, 0) is 20.8 Å². The molecule has 5 N–H and O–H groups in total. The van der Waals surface area contributed by atoms with Crippen LogP contribution in [0.15, 0.2) is 71.8 Å². The van der Waals surface area contributed by atoms with E-state index in [4.69, 9.17) is 14.2 Å². The minimum absolute atomic E-state index is 0. The van der Waals surface area contributed by atoms with Crippen LogP contribution in [-0.4, -0.2) is 85.9 Å². The summed E-state index contributed by atoms with van der Waals surface area (Å²) >= 11 is 0. The molecule has 0 spiro atoms. The van der Waals surface area contributed by atoms with E-state index >= 15 is 0 Å². The van der Waals surface area contributed by atoms with Crippen molar-refractivity contribution in [2.75, 3.05) is 6.61 Å². The molecule has 12 heteroatoms. The number of carbonyl (C=O) groups excluding carboxylic acids is 1. The van der Waals surface area contributed by atoms with Crippen LogP contribution in [0.4, 0.5) is 0 Å². The first kappa shape index (κ1) is 42.1. The zero-order valence-corrected chi connectivity index (χ0v) is 41.0. The van der Waals surface area contributed by atoms with Crippen LogP contribution in [0, 0.1) is 149 Å². The van der Waals surface area contributed by atoms with Crippen LogP contribution in [0.1, 0.15) is 56.5 Å². The van der Waals surface area contributed by atoms with Crippen molar-refractivity contribution in [3.63, 3.8) is 0 Å². The van der Waals surface area contributed by atoms with E-state index in [0.717, 1.165) is 5.56 Å². The van der Waals surface area contributed by atoms with E-state index in [1.807, 2.05) is 30.3 Å². The average molecular weight is 1280 g/mol. The van der Waals surface area contributed by atoms with Gasteiger partial charge in [0.1, 0.15) is 23.4 Å². The third-order valence-corrected chi connectivity index (χ3v) is 11.1. The molecular formula is C34H42Ac3O9. The number of esters is 1. The number of benzene rings is 2. The van der Waals surface area contributed by atoms with Crippen LogP contribution in [0.25, 0.3) is 0 Å². The van der Waals surface area contributed by atoms with Crippen molar-refractivity contribution < 1.29 is 177 Å². The number of hydrogen-bond donors (Lipinski definition) is 5. The van der Waals surface area contributed by atoms with Crippen molar-refractivity contribution >= 4 is 5.97 Å². The van der Waals surface area contributed by atoms with Gasteiger partial charge in [-0.05, 0) is 35.8 Å². The summed E-state index contributed by atoms with van der Waals surface area (Å²) in [5, 5.41) is 60.5. The number of aliphatic hydroxyl groups is 5. The Balaban J connectivity index is 0.00000192. The molecule has 9 nitrogen and oxygen atoms in total. The Labute approximate surface area is 377 Å². The number of aliphatic hydroxyl groups excluding tert-OH is 3. The van der Waals surface area contributed by atoms with Gasteiger partial charge in [-0.2, -0.15) is 0 Å². The Kier molecular flexibility index (Phi) is 14.4. The van der Waals surface area contributed by atoms with E-state index < -0.39 is 70.5 Å². The molecule has 2 aromatic carbocycles. The summed E-state index contributed by atoms with van der Waals surface area (Å²) in [5.41, 5.74) is -4.46. The SMILES string of the molecule is CC1=C2C(O)C(O)[C@]3(C)C(OCc4ccccc4)CC4OCC4(O)C3C(OC(=O)c3ccccc3)C(O)(CC1O)C2(C)C.[Ac].[Ac].[Ac]. The maximum atomic E-state index is 13.7. The molecule has 1 saturated heterocycles. The number of fused-ring (bicyclic) bond motifs is 5. The second-order valence-electron chi connectivity index (χ2n) is 13.6. The van der Waals surface area contributed by atoms with Crippen LogP contribution < -0.4 is 0 Å². The minimum Gasteiger partial charge on any atom is -0.455 e. The second-order valence-corrected chi connectivity index (χ2v) is 13.6. The van der Waals surface area contributed by atoms with Gasteiger partial charge in [0.15, 0.2) is 0 Å². The Bertz CT molecular complexity index is 1410. The van der Waals surface area contributed by atoms with Crippen LogP contribution in [0.5, 0.6) is 0 Å². The molecule has 0 aromatic heterocycles. The van der Waals surface area contributed by atoms with Gasteiger partial charge in [0.05, 0.1) is 43.2 Å². The Morgan fingerprint density at radius 3 is 2.09 bits per heavy atom. The van der Waals surface area contributed by atoms with Gasteiger partial charge in [0, 0.05) is 162 Å². The van der Waals surface area contributed by atoms with Crippen molar-refractivity contribution in [1.29, 1.82) is 0 Å². The van der Waals surface area contributed by atoms with Gasteiger partial charge in [0.2, 0.25) is 0 Å². The molecule has 2 saturated carbocycles. The predicted octanol–water partition coefficient (Wildman–Crippen LogP) is 2.53. The normalized spacial score (nSPS) is 38.9. The van der Waals surface area contributed by atoms with Crippen LogP contribution in [0.3, 0.4) is 0 Å². The van der Waals surface area contributed by atoms with E-state index in [1.54, 1.807) is 58.0 Å². The minimum atomic E-state index is -1.96. The molecule has 3 aliphatic carbocycles. The molecular weight excluding hydrogens is 1230 g/mol. The zero-order chi connectivity index (χ0) is 30.9. The quantitative estimate of drug-likeness (QED) is 0.226. The predicted molar refractivity (Wildman–Crippen MR) is 156 cm³/mol. The van der Waals surface area contributed by atoms with Gasteiger partial charge in [-0.1, -0.05) is 69.3 Å². The number of rotatable bonds is 5. The molecule has 10 atom stereocenters. The average Bonchev–Trinajstić information content (AvgIpc) is 2.98. The first-order valence-corrected chi connectivity index (χ1v) is 15.0. The van der Waals surface area contributed by atoms with Crippen LogP contribution in [0.2, 0.25) is 0 Å².